The Balaban J connectivity index is 1.62. The first kappa shape index (κ1) is 25.2. The summed E-state index contributed by atoms with van der Waals surface area (Å²) in [6.07, 6.45) is 1.69. The van der Waals surface area contributed by atoms with Crippen molar-refractivity contribution in [2.45, 2.75) is 39.1 Å². The van der Waals surface area contributed by atoms with Crippen LogP contribution in [0, 0.1) is 11.2 Å². The predicted octanol–water partition coefficient (Wildman–Crippen LogP) is 5.14. The molecular weight excluding hydrogens is 455 g/mol. The number of carbonyl (C=O) groups is 2. The number of aromatic nitrogens is 3. The van der Waals surface area contributed by atoms with E-state index in [0.717, 1.165) is 0 Å². The highest BCUT2D eigenvalue weighted by Crippen LogP contribution is 2.22. The number of thioether (sulfide) groups is 1. The zero-order chi connectivity index (χ0) is 24.7. The van der Waals surface area contributed by atoms with Gasteiger partial charge in [0.15, 0.2) is 28.3 Å². The Morgan fingerprint density at radius 2 is 1.85 bits per heavy atom. The molecule has 0 aliphatic heterocycles. The number of hydrogen-bond donors (Lipinski definition) is 1. The van der Waals surface area contributed by atoms with Crippen LogP contribution in [-0.2, 0) is 17.9 Å². The van der Waals surface area contributed by atoms with Crippen molar-refractivity contribution in [3.05, 3.63) is 78.4 Å². The molecule has 0 unspecified atom stereocenters. The number of amides is 1. The van der Waals surface area contributed by atoms with E-state index < -0.39 is 11.2 Å². The Kier molecular flexibility index (Phi) is 8.22. The number of ketones is 1. The zero-order valence-electron chi connectivity index (χ0n) is 19.4. The van der Waals surface area contributed by atoms with E-state index >= 15 is 0 Å². The highest BCUT2D eigenvalue weighted by atomic mass is 32.2. The van der Waals surface area contributed by atoms with Gasteiger partial charge >= 0.3 is 0 Å². The van der Waals surface area contributed by atoms with Gasteiger partial charge in [-0.1, -0.05) is 50.7 Å². The number of hydrogen-bond acceptors (Lipinski definition) is 6. The number of Topliss-reactive ketones (excluding diaryl/α,β-unsaturated/α-hetero) is 1. The predicted molar refractivity (Wildman–Crippen MR) is 131 cm³/mol. The van der Waals surface area contributed by atoms with Crippen LogP contribution < -0.4 is 10.1 Å². The molecule has 0 aliphatic rings. The lowest BCUT2D eigenvalue weighted by atomic mass is 9.95. The summed E-state index contributed by atoms with van der Waals surface area (Å²) in [4.78, 5) is 24.8. The van der Waals surface area contributed by atoms with Crippen molar-refractivity contribution in [2.24, 2.45) is 5.41 Å². The van der Waals surface area contributed by atoms with E-state index in [1.165, 1.54) is 23.9 Å². The number of rotatable bonds is 10. The summed E-state index contributed by atoms with van der Waals surface area (Å²) in [7, 11) is 0. The maximum absolute atomic E-state index is 13.8. The first-order valence-corrected chi connectivity index (χ1v) is 11.7. The first-order chi connectivity index (χ1) is 16.2. The molecule has 0 spiro atoms. The number of nitrogens with zero attached hydrogens (tertiary/aromatic N) is 3. The molecule has 2 aromatic carbocycles. The monoisotopic (exact) mass is 482 g/mol. The van der Waals surface area contributed by atoms with Crippen molar-refractivity contribution in [1.82, 2.24) is 14.8 Å². The summed E-state index contributed by atoms with van der Waals surface area (Å²) < 4.78 is 21.1. The number of anilines is 1. The third-order valence-electron chi connectivity index (χ3n) is 4.78. The maximum Gasteiger partial charge on any atom is 0.229 e. The van der Waals surface area contributed by atoms with Crippen LogP contribution in [0.1, 0.15) is 37.0 Å². The number of halogens is 1. The van der Waals surface area contributed by atoms with Crippen molar-refractivity contribution in [1.29, 1.82) is 0 Å². The molecule has 3 aromatic rings. The minimum absolute atomic E-state index is 0.0258. The Bertz CT molecular complexity index is 1170. The van der Waals surface area contributed by atoms with E-state index in [1.807, 2.05) is 20.8 Å². The van der Waals surface area contributed by atoms with Crippen LogP contribution >= 0.6 is 11.8 Å². The normalized spacial score (nSPS) is 11.2. The molecule has 1 aromatic heterocycles. The number of allylic oxidation sites excluding steroid dienone is 1. The van der Waals surface area contributed by atoms with Gasteiger partial charge in [-0.25, -0.2) is 4.39 Å². The second kappa shape index (κ2) is 11.1. The molecule has 0 saturated carbocycles. The van der Waals surface area contributed by atoms with E-state index in [-0.39, 0.29) is 29.8 Å². The third-order valence-corrected chi connectivity index (χ3v) is 5.74. The fraction of sp³-hybridized carbons (Fsp3) is 0.280. The number of para-hydroxylation sites is 1. The highest BCUT2D eigenvalue weighted by molar-refractivity contribution is 7.99. The van der Waals surface area contributed by atoms with E-state index in [4.69, 9.17) is 4.74 Å². The quantitative estimate of drug-likeness (QED) is 0.245. The second-order valence-electron chi connectivity index (χ2n) is 8.51. The molecule has 34 heavy (non-hydrogen) atoms. The van der Waals surface area contributed by atoms with Crippen LogP contribution in [0.4, 0.5) is 10.1 Å². The third kappa shape index (κ3) is 6.54. The summed E-state index contributed by atoms with van der Waals surface area (Å²) in [5.74, 6) is 0.132. The summed E-state index contributed by atoms with van der Waals surface area (Å²) in [5.41, 5.74) is 0.652. The average Bonchev–Trinajstić information content (AvgIpc) is 3.18. The van der Waals surface area contributed by atoms with Gasteiger partial charge in [-0.2, -0.15) is 0 Å². The molecule has 0 fully saturated rings. The molecule has 0 bridgehead atoms. The topological polar surface area (TPSA) is 86.1 Å². The number of nitrogens with one attached hydrogen (secondary N) is 1. The molecule has 0 saturated heterocycles. The molecule has 1 heterocycles. The Hall–Kier alpha value is -3.46. The number of ether oxygens (including phenoxy) is 1. The van der Waals surface area contributed by atoms with Gasteiger partial charge in [0.2, 0.25) is 5.91 Å². The van der Waals surface area contributed by atoms with Crippen LogP contribution in [0.2, 0.25) is 0 Å². The summed E-state index contributed by atoms with van der Waals surface area (Å²) in [5, 5.41) is 11.7. The molecule has 0 radical (unpaired) electrons. The van der Waals surface area contributed by atoms with Crippen molar-refractivity contribution in [3.63, 3.8) is 0 Å². The maximum atomic E-state index is 13.8. The Labute approximate surface area is 202 Å². The molecule has 178 valence electrons. The van der Waals surface area contributed by atoms with Crippen LogP contribution in [0.3, 0.4) is 0 Å². The average molecular weight is 483 g/mol. The Morgan fingerprint density at radius 3 is 2.50 bits per heavy atom. The van der Waals surface area contributed by atoms with Crippen molar-refractivity contribution in [2.75, 3.05) is 11.1 Å². The van der Waals surface area contributed by atoms with Crippen molar-refractivity contribution >= 4 is 29.1 Å². The summed E-state index contributed by atoms with van der Waals surface area (Å²) in [6, 6.07) is 12.9. The fourth-order valence-electron chi connectivity index (χ4n) is 2.82. The van der Waals surface area contributed by atoms with E-state index in [9.17, 15) is 14.0 Å². The molecule has 0 aliphatic carbocycles. The first-order valence-electron chi connectivity index (χ1n) is 10.7. The summed E-state index contributed by atoms with van der Waals surface area (Å²) in [6.45, 7) is 9.70. The minimum Gasteiger partial charge on any atom is -0.483 e. The molecule has 7 nitrogen and oxygen atoms in total. The highest BCUT2D eigenvalue weighted by Gasteiger charge is 2.21. The number of benzene rings is 2. The van der Waals surface area contributed by atoms with Gasteiger partial charge in [0, 0.05) is 23.2 Å². The second-order valence-corrected chi connectivity index (χ2v) is 9.45. The van der Waals surface area contributed by atoms with Gasteiger partial charge in [0.05, 0.1) is 5.75 Å². The van der Waals surface area contributed by atoms with E-state index in [0.29, 0.717) is 28.8 Å². The van der Waals surface area contributed by atoms with E-state index in [1.54, 1.807) is 47.0 Å². The van der Waals surface area contributed by atoms with Gasteiger partial charge < -0.3 is 10.1 Å². The lowest BCUT2D eigenvalue weighted by Crippen LogP contribution is -2.27. The van der Waals surface area contributed by atoms with Crippen LogP contribution in [0.25, 0.3) is 0 Å². The van der Waals surface area contributed by atoms with Crippen molar-refractivity contribution < 1.29 is 18.7 Å². The largest absolute Gasteiger partial charge is 0.483 e. The standard InChI is InChI=1S/C25H27FN4O3S/c1-5-14-30-22(15-33-21-9-7-6-8-19(21)26)28-29-24(30)34-16-20(31)17-10-12-18(13-11-17)27-23(32)25(2,3)4/h5-13H,1,14-16H2,2-4H3,(H,27,32). The van der Waals surface area contributed by atoms with Crippen LogP contribution in [-0.4, -0.2) is 32.2 Å². The minimum atomic E-state index is -0.508. The molecule has 9 heteroatoms. The van der Waals surface area contributed by atoms with Gasteiger partial charge in [0.25, 0.3) is 0 Å². The molecular formula is C25H27FN4O3S. The molecule has 1 amide bonds. The van der Waals surface area contributed by atoms with Gasteiger partial charge in [-0.15, -0.1) is 16.8 Å². The van der Waals surface area contributed by atoms with Gasteiger partial charge in [0.1, 0.15) is 6.61 Å². The van der Waals surface area contributed by atoms with Gasteiger partial charge in [-0.3, -0.25) is 14.2 Å². The number of carbonyl (C=O) groups excluding carboxylic acids is 2. The summed E-state index contributed by atoms with van der Waals surface area (Å²) >= 11 is 1.25. The SMILES string of the molecule is C=CCn1c(COc2ccccc2F)nnc1SCC(=O)c1ccc(NC(=O)C(C)(C)C)cc1. The Morgan fingerprint density at radius 1 is 1.15 bits per heavy atom. The van der Waals surface area contributed by atoms with Gasteiger partial charge in [-0.05, 0) is 36.4 Å². The fourth-order valence-corrected chi connectivity index (χ4v) is 3.68. The molecule has 3 rings (SSSR count). The lowest BCUT2D eigenvalue weighted by Gasteiger charge is -2.17. The van der Waals surface area contributed by atoms with Crippen LogP contribution in [0.15, 0.2) is 66.3 Å². The molecule has 1 N–H and O–H groups in total. The van der Waals surface area contributed by atoms with E-state index in [2.05, 4.69) is 22.1 Å². The van der Waals surface area contributed by atoms with Crippen molar-refractivity contribution in [3.8, 4) is 5.75 Å². The lowest BCUT2D eigenvalue weighted by molar-refractivity contribution is -0.123. The smallest absolute Gasteiger partial charge is 0.229 e. The zero-order valence-corrected chi connectivity index (χ0v) is 20.2. The molecule has 0 atom stereocenters. The van der Waals surface area contributed by atoms with Crippen LogP contribution in [0.5, 0.6) is 5.75 Å².